The number of rotatable bonds is 4. The lowest BCUT2D eigenvalue weighted by atomic mass is 10.1. The summed E-state index contributed by atoms with van der Waals surface area (Å²) in [5.41, 5.74) is 8.03. The summed E-state index contributed by atoms with van der Waals surface area (Å²) in [6, 6.07) is 11.7. The van der Waals surface area contributed by atoms with Crippen LogP contribution in [-0.2, 0) is 13.5 Å². The van der Waals surface area contributed by atoms with Gasteiger partial charge in [0.25, 0.3) is 5.91 Å². The molecule has 1 aromatic carbocycles. The molecule has 0 aliphatic carbocycles. The third-order valence-electron chi connectivity index (χ3n) is 2.80. The summed E-state index contributed by atoms with van der Waals surface area (Å²) >= 11 is 0. The van der Waals surface area contributed by atoms with E-state index in [1.807, 2.05) is 37.4 Å². The van der Waals surface area contributed by atoms with Crippen molar-refractivity contribution in [3.63, 3.8) is 0 Å². The van der Waals surface area contributed by atoms with Crippen LogP contribution in [0.4, 0.5) is 5.69 Å². The van der Waals surface area contributed by atoms with Gasteiger partial charge in [0, 0.05) is 19.8 Å². The molecule has 1 heterocycles. The van der Waals surface area contributed by atoms with Crippen molar-refractivity contribution < 1.29 is 4.79 Å². The van der Waals surface area contributed by atoms with E-state index >= 15 is 0 Å². The van der Waals surface area contributed by atoms with Crippen molar-refractivity contribution in [1.82, 2.24) is 9.88 Å². The summed E-state index contributed by atoms with van der Waals surface area (Å²) in [5.74, 6) is -0.0925. The van der Waals surface area contributed by atoms with Gasteiger partial charge in [-0.25, -0.2) is 0 Å². The standard InChI is InChI=1S/C14H17N3O/c1-17-10-12(15)9-13(17)14(18)16-8-7-11-5-3-2-4-6-11/h2-6,9-10H,7-8,15H2,1H3,(H,16,18). The molecule has 1 aromatic heterocycles. The number of benzene rings is 1. The van der Waals surface area contributed by atoms with E-state index in [2.05, 4.69) is 5.32 Å². The van der Waals surface area contributed by atoms with Crippen molar-refractivity contribution >= 4 is 11.6 Å². The van der Waals surface area contributed by atoms with Gasteiger partial charge in [-0.1, -0.05) is 30.3 Å². The van der Waals surface area contributed by atoms with E-state index in [-0.39, 0.29) is 5.91 Å². The van der Waals surface area contributed by atoms with Gasteiger partial charge in [0.15, 0.2) is 0 Å². The number of aromatic nitrogens is 1. The molecule has 0 aliphatic heterocycles. The number of nitrogen functional groups attached to an aromatic ring is 1. The maximum atomic E-state index is 11.9. The number of amides is 1. The predicted octanol–water partition coefficient (Wildman–Crippen LogP) is 1.58. The Kier molecular flexibility index (Phi) is 3.67. The van der Waals surface area contributed by atoms with Gasteiger partial charge in [-0.15, -0.1) is 0 Å². The van der Waals surface area contributed by atoms with Crippen LogP contribution in [-0.4, -0.2) is 17.0 Å². The Balaban J connectivity index is 1.87. The molecule has 94 valence electrons. The third-order valence-corrected chi connectivity index (χ3v) is 2.80. The van der Waals surface area contributed by atoms with Crippen molar-refractivity contribution in [2.24, 2.45) is 7.05 Å². The van der Waals surface area contributed by atoms with Gasteiger partial charge < -0.3 is 15.6 Å². The second-order valence-electron chi connectivity index (χ2n) is 4.26. The Morgan fingerprint density at radius 1 is 1.33 bits per heavy atom. The van der Waals surface area contributed by atoms with Gasteiger partial charge in [0.05, 0.1) is 5.69 Å². The van der Waals surface area contributed by atoms with Crippen LogP contribution in [0.5, 0.6) is 0 Å². The van der Waals surface area contributed by atoms with Crippen LogP contribution in [0, 0.1) is 0 Å². The highest BCUT2D eigenvalue weighted by molar-refractivity contribution is 5.93. The third kappa shape index (κ3) is 2.91. The summed E-state index contributed by atoms with van der Waals surface area (Å²) in [5, 5.41) is 2.89. The first kappa shape index (κ1) is 12.2. The zero-order chi connectivity index (χ0) is 13.0. The molecule has 4 nitrogen and oxygen atoms in total. The van der Waals surface area contributed by atoms with E-state index in [4.69, 9.17) is 5.73 Å². The van der Waals surface area contributed by atoms with Gasteiger partial charge in [0.1, 0.15) is 5.69 Å². The zero-order valence-electron chi connectivity index (χ0n) is 10.4. The van der Waals surface area contributed by atoms with Gasteiger partial charge in [0.2, 0.25) is 0 Å². The fourth-order valence-corrected chi connectivity index (χ4v) is 1.87. The van der Waals surface area contributed by atoms with E-state index in [9.17, 15) is 4.79 Å². The van der Waals surface area contributed by atoms with Crippen molar-refractivity contribution in [3.8, 4) is 0 Å². The molecule has 0 spiro atoms. The van der Waals surface area contributed by atoms with Crippen LogP contribution in [0.15, 0.2) is 42.6 Å². The molecular weight excluding hydrogens is 226 g/mol. The van der Waals surface area contributed by atoms with Crippen LogP contribution >= 0.6 is 0 Å². The SMILES string of the molecule is Cn1cc(N)cc1C(=O)NCCc1ccccc1. The minimum absolute atomic E-state index is 0.0925. The lowest BCUT2D eigenvalue weighted by Crippen LogP contribution is -2.27. The largest absolute Gasteiger partial charge is 0.397 e. The maximum absolute atomic E-state index is 11.9. The maximum Gasteiger partial charge on any atom is 0.267 e. The number of hydrogen-bond donors (Lipinski definition) is 2. The first-order valence-electron chi connectivity index (χ1n) is 5.91. The number of anilines is 1. The number of hydrogen-bond acceptors (Lipinski definition) is 2. The Bertz CT molecular complexity index is 531. The second kappa shape index (κ2) is 5.40. The molecule has 0 fully saturated rings. The first-order chi connectivity index (χ1) is 8.66. The first-order valence-corrected chi connectivity index (χ1v) is 5.91. The van der Waals surface area contributed by atoms with Gasteiger partial charge >= 0.3 is 0 Å². The van der Waals surface area contributed by atoms with E-state index in [0.29, 0.717) is 17.9 Å². The Hall–Kier alpha value is -2.23. The van der Waals surface area contributed by atoms with Crippen LogP contribution in [0.25, 0.3) is 0 Å². The van der Waals surface area contributed by atoms with E-state index < -0.39 is 0 Å². The molecule has 0 radical (unpaired) electrons. The zero-order valence-corrected chi connectivity index (χ0v) is 10.4. The van der Waals surface area contributed by atoms with Crippen molar-refractivity contribution in [1.29, 1.82) is 0 Å². The van der Waals surface area contributed by atoms with Crippen molar-refractivity contribution in [3.05, 3.63) is 53.9 Å². The number of nitrogens with one attached hydrogen (secondary N) is 1. The van der Waals surface area contributed by atoms with E-state index in [1.54, 1.807) is 16.8 Å². The Morgan fingerprint density at radius 3 is 2.67 bits per heavy atom. The highest BCUT2D eigenvalue weighted by atomic mass is 16.1. The van der Waals surface area contributed by atoms with Crippen molar-refractivity contribution in [2.75, 3.05) is 12.3 Å². The normalized spacial score (nSPS) is 10.3. The molecule has 4 heteroatoms. The molecule has 3 N–H and O–H groups in total. The fraction of sp³-hybridized carbons (Fsp3) is 0.214. The number of nitrogens with two attached hydrogens (primary N) is 1. The number of nitrogens with zero attached hydrogens (tertiary/aromatic N) is 1. The smallest absolute Gasteiger partial charge is 0.267 e. The quantitative estimate of drug-likeness (QED) is 0.856. The summed E-state index contributed by atoms with van der Waals surface area (Å²) in [4.78, 5) is 11.9. The minimum atomic E-state index is -0.0925. The molecular formula is C14H17N3O. The highest BCUT2D eigenvalue weighted by Gasteiger charge is 2.09. The summed E-state index contributed by atoms with van der Waals surface area (Å²) < 4.78 is 1.73. The predicted molar refractivity (Wildman–Crippen MR) is 72.3 cm³/mol. The number of carbonyl (C=O) groups is 1. The van der Waals surface area contributed by atoms with Crippen LogP contribution < -0.4 is 11.1 Å². The molecule has 0 bridgehead atoms. The average molecular weight is 243 g/mol. The summed E-state index contributed by atoms with van der Waals surface area (Å²) in [7, 11) is 1.81. The Labute approximate surface area is 106 Å². The number of aryl methyl sites for hydroxylation is 1. The molecule has 0 aliphatic rings. The highest BCUT2D eigenvalue weighted by Crippen LogP contribution is 2.08. The molecule has 2 rings (SSSR count). The monoisotopic (exact) mass is 243 g/mol. The molecule has 18 heavy (non-hydrogen) atoms. The van der Waals surface area contributed by atoms with Crippen LogP contribution in [0.2, 0.25) is 0 Å². The van der Waals surface area contributed by atoms with Gasteiger partial charge in [-0.3, -0.25) is 4.79 Å². The molecule has 1 amide bonds. The fourth-order valence-electron chi connectivity index (χ4n) is 1.87. The van der Waals surface area contributed by atoms with Gasteiger partial charge in [-0.05, 0) is 18.1 Å². The topological polar surface area (TPSA) is 60.0 Å². The molecule has 0 unspecified atom stereocenters. The minimum Gasteiger partial charge on any atom is -0.397 e. The molecule has 0 atom stereocenters. The van der Waals surface area contributed by atoms with Crippen LogP contribution in [0.3, 0.4) is 0 Å². The molecule has 0 saturated heterocycles. The lowest BCUT2D eigenvalue weighted by molar-refractivity contribution is 0.0946. The molecule has 0 saturated carbocycles. The summed E-state index contributed by atoms with van der Waals surface area (Å²) in [6.07, 6.45) is 2.55. The molecule has 2 aromatic rings. The van der Waals surface area contributed by atoms with E-state index in [0.717, 1.165) is 6.42 Å². The van der Waals surface area contributed by atoms with Crippen molar-refractivity contribution in [2.45, 2.75) is 6.42 Å². The van der Waals surface area contributed by atoms with Gasteiger partial charge in [-0.2, -0.15) is 0 Å². The van der Waals surface area contributed by atoms with Crippen LogP contribution in [0.1, 0.15) is 16.1 Å². The summed E-state index contributed by atoms with van der Waals surface area (Å²) in [6.45, 7) is 0.619. The lowest BCUT2D eigenvalue weighted by Gasteiger charge is -2.06. The van der Waals surface area contributed by atoms with E-state index in [1.165, 1.54) is 5.56 Å². The number of carbonyl (C=O) groups excluding carboxylic acids is 1. The average Bonchev–Trinajstić information content (AvgIpc) is 2.70. The second-order valence-corrected chi connectivity index (χ2v) is 4.26. The Morgan fingerprint density at radius 2 is 2.06 bits per heavy atom.